The molecule has 3 heterocycles. The summed E-state index contributed by atoms with van der Waals surface area (Å²) in [7, 11) is -3.75. The minimum atomic E-state index is -3.75. The summed E-state index contributed by atoms with van der Waals surface area (Å²) in [5, 5.41) is 4.65. The minimum Gasteiger partial charge on any atom is -0.494 e. The highest BCUT2D eigenvalue weighted by atomic mass is 32.2. The second kappa shape index (κ2) is 10.5. The van der Waals surface area contributed by atoms with Gasteiger partial charge in [-0.2, -0.15) is 4.31 Å². The van der Waals surface area contributed by atoms with Crippen molar-refractivity contribution >= 4 is 15.5 Å². The summed E-state index contributed by atoms with van der Waals surface area (Å²) in [4.78, 5) is 22.6. The number of H-pyrrole nitrogens is 1. The number of aryl methyl sites for hydroxylation is 2. The van der Waals surface area contributed by atoms with Crippen LogP contribution < -0.4 is 10.3 Å². The van der Waals surface area contributed by atoms with E-state index in [2.05, 4.69) is 26.9 Å². The molecule has 1 aliphatic heterocycles. The van der Waals surface area contributed by atoms with Crippen LogP contribution in [0.4, 0.5) is 0 Å². The molecule has 3 aromatic rings. The van der Waals surface area contributed by atoms with Gasteiger partial charge in [-0.3, -0.25) is 4.79 Å². The number of rotatable bonds is 9. The number of likely N-dealkylation sites (N-methyl/N-ethyl adjacent to an activating group) is 1. The van der Waals surface area contributed by atoms with Crippen molar-refractivity contribution < 1.29 is 13.2 Å². The highest BCUT2D eigenvalue weighted by Crippen LogP contribution is 2.29. The third-order valence-electron chi connectivity index (χ3n) is 6.26. The van der Waals surface area contributed by atoms with Gasteiger partial charge in [0.25, 0.3) is 5.56 Å². The first kappa shape index (κ1) is 25.3. The van der Waals surface area contributed by atoms with Gasteiger partial charge in [-0.1, -0.05) is 20.8 Å². The fraction of sp³-hybridized carbons (Fsp3) is 0.542. The Hall–Kier alpha value is -2.76. The van der Waals surface area contributed by atoms with Crippen LogP contribution in [0.1, 0.15) is 45.1 Å². The fourth-order valence-electron chi connectivity index (χ4n) is 4.35. The number of piperazine rings is 1. The van der Waals surface area contributed by atoms with Crippen LogP contribution in [0.2, 0.25) is 0 Å². The molecule has 1 saturated heterocycles. The maximum Gasteiger partial charge on any atom is 0.277 e. The van der Waals surface area contributed by atoms with Gasteiger partial charge in [-0.15, -0.1) is 5.10 Å². The van der Waals surface area contributed by atoms with Crippen molar-refractivity contribution in [1.29, 1.82) is 0 Å². The molecule has 0 atom stereocenters. The molecule has 0 saturated carbocycles. The van der Waals surface area contributed by atoms with Gasteiger partial charge in [0.1, 0.15) is 11.6 Å². The third kappa shape index (κ3) is 5.12. The van der Waals surface area contributed by atoms with Crippen molar-refractivity contribution in [3.05, 3.63) is 40.1 Å². The molecule has 2 aromatic heterocycles. The lowest BCUT2D eigenvalue weighted by molar-refractivity contribution is 0.196. The van der Waals surface area contributed by atoms with Crippen molar-refractivity contribution in [2.45, 2.75) is 51.9 Å². The van der Waals surface area contributed by atoms with Crippen LogP contribution in [0.5, 0.6) is 5.75 Å². The van der Waals surface area contributed by atoms with E-state index in [1.165, 1.54) is 4.31 Å². The van der Waals surface area contributed by atoms with E-state index >= 15 is 0 Å². The Morgan fingerprint density at radius 3 is 2.46 bits per heavy atom. The van der Waals surface area contributed by atoms with Crippen LogP contribution in [0.3, 0.4) is 0 Å². The molecular formula is C24H34N6O4S. The molecule has 0 spiro atoms. The van der Waals surface area contributed by atoms with Gasteiger partial charge in [0.05, 0.1) is 17.2 Å². The fourth-order valence-corrected chi connectivity index (χ4v) is 5.83. The summed E-state index contributed by atoms with van der Waals surface area (Å²) < 4.78 is 36.0. The molecule has 4 rings (SSSR count). The van der Waals surface area contributed by atoms with Gasteiger partial charge in [0, 0.05) is 44.2 Å². The molecule has 1 fully saturated rings. The first-order valence-corrected chi connectivity index (χ1v) is 13.7. The van der Waals surface area contributed by atoms with Gasteiger partial charge in [0.2, 0.25) is 10.0 Å². The number of nitrogens with one attached hydrogen (secondary N) is 1. The van der Waals surface area contributed by atoms with Crippen molar-refractivity contribution in [1.82, 2.24) is 28.8 Å². The summed E-state index contributed by atoms with van der Waals surface area (Å²) >= 11 is 0. The Morgan fingerprint density at radius 2 is 1.80 bits per heavy atom. The Bertz CT molecular complexity index is 1360. The van der Waals surface area contributed by atoms with Gasteiger partial charge >= 0.3 is 0 Å². The topological polar surface area (TPSA) is 113 Å². The molecule has 35 heavy (non-hydrogen) atoms. The smallest absolute Gasteiger partial charge is 0.277 e. The van der Waals surface area contributed by atoms with E-state index in [0.717, 1.165) is 19.4 Å². The number of ether oxygens (including phenoxy) is 1. The van der Waals surface area contributed by atoms with Crippen LogP contribution in [-0.4, -0.2) is 76.5 Å². The molecule has 1 N–H and O–H groups in total. The van der Waals surface area contributed by atoms with Crippen molar-refractivity contribution in [2.75, 3.05) is 39.3 Å². The summed E-state index contributed by atoms with van der Waals surface area (Å²) in [6.45, 7) is 11.5. The van der Waals surface area contributed by atoms with E-state index in [1.54, 1.807) is 29.6 Å². The summed E-state index contributed by atoms with van der Waals surface area (Å²) in [5.74, 6) is 1.40. The molecule has 0 aliphatic carbocycles. The number of aromatic nitrogens is 4. The first-order valence-electron chi connectivity index (χ1n) is 12.3. The quantitative estimate of drug-likeness (QED) is 0.478. The molecule has 1 aromatic carbocycles. The van der Waals surface area contributed by atoms with Crippen molar-refractivity contribution in [2.24, 2.45) is 0 Å². The maximum atomic E-state index is 13.6. The van der Waals surface area contributed by atoms with Crippen molar-refractivity contribution in [3.8, 4) is 17.1 Å². The van der Waals surface area contributed by atoms with Crippen molar-refractivity contribution in [3.63, 3.8) is 0 Å². The predicted octanol–water partition coefficient (Wildman–Crippen LogP) is 2.46. The van der Waals surface area contributed by atoms with Crippen LogP contribution >= 0.6 is 0 Å². The van der Waals surface area contributed by atoms with E-state index < -0.39 is 10.0 Å². The second-order valence-electron chi connectivity index (χ2n) is 8.81. The van der Waals surface area contributed by atoms with Crippen LogP contribution in [0.15, 0.2) is 27.9 Å². The maximum absolute atomic E-state index is 13.6. The number of hydrogen-bond donors (Lipinski definition) is 1. The zero-order valence-corrected chi connectivity index (χ0v) is 21.7. The van der Waals surface area contributed by atoms with Gasteiger partial charge in [-0.05, 0) is 38.4 Å². The standard InChI is InChI=1S/C24H34N6O4S/c1-5-8-21-25-17(4)22-24(31)26-23(27-30(21)22)18-14-19(34-13-6-2)16-20(15-18)35(32,33)29-11-9-28(7-3)10-12-29/h14-16H,5-13H2,1-4H3,(H,26,27,31). The summed E-state index contributed by atoms with van der Waals surface area (Å²) in [5.41, 5.74) is 1.17. The number of benzene rings is 1. The summed E-state index contributed by atoms with van der Waals surface area (Å²) in [6, 6.07) is 4.84. The van der Waals surface area contributed by atoms with Crippen LogP contribution in [0.25, 0.3) is 16.9 Å². The SMILES string of the molecule is CCCOc1cc(-c2nn3c(CCC)nc(C)c3c(=O)[nH]2)cc(S(=O)(=O)N2CCN(CC)CC2)c1. The Balaban J connectivity index is 1.81. The third-order valence-corrected chi connectivity index (χ3v) is 8.14. The molecule has 1 aliphatic rings. The number of hydrogen-bond acceptors (Lipinski definition) is 7. The zero-order chi connectivity index (χ0) is 25.2. The van der Waals surface area contributed by atoms with Gasteiger partial charge < -0.3 is 14.6 Å². The minimum absolute atomic E-state index is 0.129. The first-order chi connectivity index (χ1) is 16.8. The Labute approximate surface area is 206 Å². The number of nitrogens with zero attached hydrogens (tertiary/aromatic N) is 5. The highest BCUT2D eigenvalue weighted by molar-refractivity contribution is 7.89. The number of fused-ring (bicyclic) bond motifs is 1. The Morgan fingerprint density at radius 1 is 1.06 bits per heavy atom. The normalized spacial score (nSPS) is 15.7. The number of sulfonamides is 1. The van der Waals surface area contributed by atoms with Gasteiger partial charge in [-0.25, -0.2) is 17.9 Å². The zero-order valence-electron chi connectivity index (χ0n) is 20.9. The molecule has 10 nitrogen and oxygen atoms in total. The molecule has 0 unspecified atom stereocenters. The molecule has 0 bridgehead atoms. The van der Waals surface area contributed by atoms with E-state index in [9.17, 15) is 13.2 Å². The molecular weight excluding hydrogens is 468 g/mol. The van der Waals surface area contributed by atoms with E-state index in [0.29, 0.717) is 67.6 Å². The second-order valence-corrected chi connectivity index (χ2v) is 10.7. The predicted molar refractivity (Wildman–Crippen MR) is 134 cm³/mol. The molecule has 190 valence electrons. The number of aromatic amines is 1. The van der Waals surface area contributed by atoms with E-state index in [-0.39, 0.29) is 16.3 Å². The lowest BCUT2D eigenvalue weighted by Crippen LogP contribution is -2.48. The molecule has 0 amide bonds. The average molecular weight is 503 g/mol. The summed E-state index contributed by atoms with van der Waals surface area (Å²) in [6.07, 6.45) is 2.31. The lowest BCUT2D eigenvalue weighted by Gasteiger charge is -2.33. The van der Waals surface area contributed by atoms with E-state index in [4.69, 9.17) is 4.74 Å². The molecule has 11 heteroatoms. The average Bonchev–Trinajstić information content (AvgIpc) is 3.18. The highest BCUT2D eigenvalue weighted by Gasteiger charge is 2.29. The van der Waals surface area contributed by atoms with Crippen LogP contribution in [-0.2, 0) is 16.4 Å². The monoisotopic (exact) mass is 502 g/mol. The number of imidazole rings is 1. The Kier molecular flexibility index (Phi) is 7.58. The largest absolute Gasteiger partial charge is 0.494 e. The van der Waals surface area contributed by atoms with Gasteiger partial charge in [0.15, 0.2) is 11.3 Å². The molecule has 0 radical (unpaired) electrons. The van der Waals surface area contributed by atoms with Crippen LogP contribution in [0, 0.1) is 6.92 Å². The lowest BCUT2D eigenvalue weighted by atomic mass is 10.2. The van der Waals surface area contributed by atoms with E-state index in [1.807, 2.05) is 13.8 Å².